The first-order valence-electron chi connectivity index (χ1n) is 6.85. The number of rotatable bonds is 5. The molecule has 4 heteroatoms. The summed E-state index contributed by atoms with van der Waals surface area (Å²) in [5.74, 6) is 0.138. The first kappa shape index (κ1) is 12.8. The van der Waals surface area contributed by atoms with Crippen LogP contribution in [0.5, 0.6) is 0 Å². The van der Waals surface area contributed by atoms with E-state index in [1.54, 1.807) is 7.11 Å². The Hall–Kier alpha value is -0.610. The van der Waals surface area contributed by atoms with Crippen LogP contribution in [-0.4, -0.2) is 37.7 Å². The average molecular weight is 240 g/mol. The van der Waals surface area contributed by atoms with E-state index in [1.807, 2.05) is 0 Å². The summed E-state index contributed by atoms with van der Waals surface area (Å²) in [7, 11) is 1.75. The van der Waals surface area contributed by atoms with Crippen LogP contribution in [0.2, 0.25) is 0 Å². The average Bonchev–Trinajstić information content (AvgIpc) is 2.96. The minimum absolute atomic E-state index is 0.138. The first-order valence-corrected chi connectivity index (χ1v) is 6.85. The Morgan fingerprint density at radius 2 is 1.94 bits per heavy atom. The van der Waals surface area contributed by atoms with Gasteiger partial charge in [-0.1, -0.05) is 12.8 Å². The summed E-state index contributed by atoms with van der Waals surface area (Å²) < 4.78 is 5.40. The van der Waals surface area contributed by atoms with E-state index >= 15 is 0 Å². The molecule has 2 N–H and O–H groups in total. The molecule has 4 nitrogen and oxygen atoms in total. The van der Waals surface area contributed by atoms with Crippen LogP contribution in [0.25, 0.3) is 0 Å². The molecule has 0 aliphatic heterocycles. The number of nitrogens with one attached hydrogen (secondary N) is 2. The minimum Gasteiger partial charge on any atom is -0.380 e. The van der Waals surface area contributed by atoms with Crippen molar-refractivity contribution in [1.82, 2.24) is 10.6 Å². The lowest BCUT2D eigenvalue weighted by Gasteiger charge is -2.20. The largest absolute Gasteiger partial charge is 0.380 e. The molecule has 2 aliphatic rings. The molecule has 0 spiro atoms. The van der Waals surface area contributed by atoms with Crippen LogP contribution in [0.3, 0.4) is 0 Å². The van der Waals surface area contributed by atoms with E-state index in [4.69, 9.17) is 4.74 Å². The number of carbonyl (C=O) groups is 1. The van der Waals surface area contributed by atoms with Gasteiger partial charge >= 0.3 is 0 Å². The lowest BCUT2D eigenvalue weighted by Crippen LogP contribution is -2.45. The maximum absolute atomic E-state index is 11.7. The SMILES string of the molecule is COC1CCCC1NCC(=O)NC1CCCC1. The summed E-state index contributed by atoms with van der Waals surface area (Å²) in [6.45, 7) is 0.432. The monoisotopic (exact) mass is 240 g/mol. The molecule has 2 aliphatic carbocycles. The van der Waals surface area contributed by atoms with Gasteiger partial charge in [-0.2, -0.15) is 0 Å². The molecule has 2 unspecified atom stereocenters. The van der Waals surface area contributed by atoms with Crippen LogP contribution in [0.1, 0.15) is 44.9 Å². The maximum Gasteiger partial charge on any atom is 0.234 e. The Bertz CT molecular complexity index is 252. The zero-order chi connectivity index (χ0) is 12.1. The van der Waals surface area contributed by atoms with E-state index in [0.717, 1.165) is 25.7 Å². The summed E-state index contributed by atoms with van der Waals surface area (Å²) in [5, 5.41) is 6.41. The van der Waals surface area contributed by atoms with Gasteiger partial charge in [-0.25, -0.2) is 0 Å². The van der Waals surface area contributed by atoms with Crippen LogP contribution in [0.4, 0.5) is 0 Å². The second-order valence-electron chi connectivity index (χ2n) is 5.24. The van der Waals surface area contributed by atoms with Crippen molar-refractivity contribution in [2.24, 2.45) is 0 Å². The fraction of sp³-hybridized carbons (Fsp3) is 0.923. The highest BCUT2D eigenvalue weighted by Crippen LogP contribution is 2.21. The van der Waals surface area contributed by atoms with Gasteiger partial charge in [-0.15, -0.1) is 0 Å². The van der Waals surface area contributed by atoms with Gasteiger partial charge in [0.05, 0.1) is 12.6 Å². The van der Waals surface area contributed by atoms with Crippen molar-refractivity contribution in [1.29, 1.82) is 0 Å². The smallest absolute Gasteiger partial charge is 0.234 e. The predicted molar refractivity (Wildman–Crippen MR) is 66.8 cm³/mol. The van der Waals surface area contributed by atoms with E-state index in [2.05, 4.69) is 10.6 Å². The van der Waals surface area contributed by atoms with Crippen LogP contribution in [0.15, 0.2) is 0 Å². The second kappa shape index (κ2) is 6.36. The number of hydrogen-bond donors (Lipinski definition) is 2. The number of carbonyl (C=O) groups excluding carboxylic acids is 1. The number of amides is 1. The maximum atomic E-state index is 11.7. The Morgan fingerprint density at radius 1 is 1.18 bits per heavy atom. The van der Waals surface area contributed by atoms with Gasteiger partial charge in [0, 0.05) is 19.2 Å². The Labute approximate surface area is 103 Å². The van der Waals surface area contributed by atoms with Gasteiger partial charge in [0.2, 0.25) is 5.91 Å². The topological polar surface area (TPSA) is 50.4 Å². The molecule has 0 bridgehead atoms. The molecule has 0 aromatic rings. The summed E-state index contributed by atoms with van der Waals surface area (Å²) in [5.41, 5.74) is 0. The molecular weight excluding hydrogens is 216 g/mol. The quantitative estimate of drug-likeness (QED) is 0.759. The molecule has 17 heavy (non-hydrogen) atoms. The highest BCUT2D eigenvalue weighted by atomic mass is 16.5. The third-order valence-electron chi connectivity index (χ3n) is 4.00. The van der Waals surface area contributed by atoms with Crippen molar-refractivity contribution in [2.75, 3.05) is 13.7 Å². The molecule has 0 saturated heterocycles. The van der Waals surface area contributed by atoms with E-state index in [-0.39, 0.29) is 12.0 Å². The molecule has 0 aromatic carbocycles. The van der Waals surface area contributed by atoms with Gasteiger partial charge in [0.15, 0.2) is 0 Å². The normalized spacial score (nSPS) is 29.7. The third kappa shape index (κ3) is 3.68. The van der Waals surface area contributed by atoms with Gasteiger partial charge < -0.3 is 15.4 Å². The summed E-state index contributed by atoms with van der Waals surface area (Å²) >= 11 is 0. The van der Waals surface area contributed by atoms with Crippen molar-refractivity contribution < 1.29 is 9.53 Å². The molecule has 2 fully saturated rings. The Morgan fingerprint density at radius 3 is 2.65 bits per heavy atom. The molecule has 2 saturated carbocycles. The molecule has 2 atom stereocenters. The van der Waals surface area contributed by atoms with Crippen LogP contribution >= 0.6 is 0 Å². The molecule has 0 radical (unpaired) electrons. The van der Waals surface area contributed by atoms with Gasteiger partial charge in [-0.3, -0.25) is 4.79 Å². The number of hydrogen-bond acceptors (Lipinski definition) is 3. The van der Waals surface area contributed by atoms with Gasteiger partial charge in [0.25, 0.3) is 0 Å². The standard InChI is InChI=1S/C13H24N2O2/c1-17-12-8-4-7-11(12)14-9-13(16)15-10-5-2-3-6-10/h10-12,14H,2-9H2,1H3,(H,15,16). The van der Waals surface area contributed by atoms with E-state index in [9.17, 15) is 4.79 Å². The highest BCUT2D eigenvalue weighted by Gasteiger charge is 2.27. The van der Waals surface area contributed by atoms with Crippen LogP contribution < -0.4 is 10.6 Å². The fourth-order valence-electron chi connectivity index (χ4n) is 3.01. The van der Waals surface area contributed by atoms with Gasteiger partial charge in [-0.05, 0) is 32.1 Å². The molecule has 98 valence electrons. The first-order chi connectivity index (χ1) is 8.29. The Kier molecular flexibility index (Phi) is 4.80. The van der Waals surface area contributed by atoms with E-state index in [1.165, 1.54) is 19.3 Å². The van der Waals surface area contributed by atoms with Crippen molar-refractivity contribution in [3.05, 3.63) is 0 Å². The second-order valence-corrected chi connectivity index (χ2v) is 5.24. The van der Waals surface area contributed by atoms with Crippen LogP contribution in [0, 0.1) is 0 Å². The summed E-state index contributed by atoms with van der Waals surface area (Å²) in [6, 6.07) is 0.778. The van der Waals surface area contributed by atoms with Crippen molar-refractivity contribution in [3.8, 4) is 0 Å². The van der Waals surface area contributed by atoms with Gasteiger partial charge in [0.1, 0.15) is 0 Å². The zero-order valence-electron chi connectivity index (χ0n) is 10.7. The zero-order valence-corrected chi connectivity index (χ0v) is 10.7. The Balaban J connectivity index is 1.65. The van der Waals surface area contributed by atoms with Crippen molar-refractivity contribution in [3.63, 3.8) is 0 Å². The highest BCUT2D eigenvalue weighted by molar-refractivity contribution is 5.78. The molecule has 0 heterocycles. The lowest BCUT2D eigenvalue weighted by molar-refractivity contribution is -0.121. The predicted octanol–water partition coefficient (Wildman–Crippen LogP) is 1.20. The molecular formula is C13H24N2O2. The summed E-state index contributed by atoms with van der Waals surface area (Å²) in [4.78, 5) is 11.7. The van der Waals surface area contributed by atoms with E-state index < -0.39 is 0 Å². The van der Waals surface area contributed by atoms with E-state index in [0.29, 0.717) is 18.6 Å². The summed E-state index contributed by atoms with van der Waals surface area (Å²) in [6.07, 6.45) is 8.52. The fourth-order valence-corrected chi connectivity index (χ4v) is 3.01. The lowest BCUT2D eigenvalue weighted by atomic mass is 10.2. The molecule has 0 aromatic heterocycles. The van der Waals surface area contributed by atoms with Crippen molar-refractivity contribution >= 4 is 5.91 Å². The molecule has 1 amide bonds. The van der Waals surface area contributed by atoms with Crippen molar-refractivity contribution in [2.45, 2.75) is 63.1 Å². The third-order valence-corrected chi connectivity index (χ3v) is 4.00. The van der Waals surface area contributed by atoms with Crippen LogP contribution in [-0.2, 0) is 9.53 Å². The molecule has 2 rings (SSSR count). The minimum atomic E-state index is 0.138. The number of methoxy groups -OCH3 is 1. The number of ether oxygens (including phenoxy) is 1.